The van der Waals surface area contributed by atoms with Gasteiger partial charge in [-0.2, -0.15) is 0 Å². The first-order valence-electron chi connectivity index (χ1n) is 10.1. The zero-order valence-electron chi connectivity index (χ0n) is 17.9. The Kier molecular flexibility index (Phi) is 6.62. The molecule has 0 radical (unpaired) electrons. The maximum Gasteiger partial charge on any atom is 0.291 e. The first kappa shape index (κ1) is 23.0. The standard InChI is InChI=1S/C25H19ClN2O6/c1-33-17-8-9-18(21(14-17)28(31)32)22-11-12-23(34-22)25(30)27-20-10-7-16(26)13-19(20)24(29)15-5-3-2-4-6-15/h2-14,24,29H,1H3,(H,27,30). The summed E-state index contributed by atoms with van der Waals surface area (Å²) in [5.41, 5.74) is 1.37. The second kappa shape index (κ2) is 9.78. The number of nitrogens with one attached hydrogen (secondary N) is 1. The third-order valence-electron chi connectivity index (χ3n) is 5.17. The van der Waals surface area contributed by atoms with Gasteiger partial charge in [-0.3, -0.25) is 14.9 Å². The van der Waals surface area contributed by atoms with Crippen LogP contribution in [0.2, 0.25) is 5.02 Å². The van der Waals surface area contributed by atoms with Crippen LogP contribution in [0.3, 0.4) is 0 Å². The van der Waals surface area contributed by atoms with E-state index in [9.17, 15) is 20.0 Å². The Bertz CT molecular complexity index is 1350. The van der Waals surface area contributed by atoms with E-state index in [1.165, 1.54) is 31.4 Å². The number of carbonyl (C=O) groups excluding carboxylic acids is 1. The van der Waals surface area contributed by atoms with Crippen molar-refractivity contribution in [3.63, 3.8) is 0 Å². The van der Waals surface area contributed by atoms with Crippen molar-refractivity contribution in [2.45, 2.75) is 6.10 Å². The molecule has 172 valence electrons. The Balaban J connectivity index is 1.62. The summed E-state index contributed by atoms with van der Waals surface area (Å²) in [5.74, 6) is -0.172. The number of anilines is 1. The van der Waals surface area contributed by atoms with E-state index in [1.54, 1.807) is 48.5 Å². The van der Waals surface area contributed by atoms with Gasteiger partial charge in [-0.05, 0) is 48.0 Å². The predicted molar refractivity (Wildman–Crippen MR) is 127 cm³/mol. The van der Waals surface area contributed by atoms with Gasteiger partial charge >= 0.3 is 0 Å². The molecule has 1 atom stereocenters. The molecule has 0 bridgehead atoms. The van der Waals surface area contributed by atoms with Crippen molar-refractivity contribution >= 4 is 28.9 Å². The lowest BCUT2D eigenvalue weighted by atomic mass is 10.00. The number of rotatable bonds is 7. The molecule has 0 aliphatic heterocycles. The van der Waals surface area contributed by atoms with Crippen LogP contribution in [0.15, 0.2) is 83.3 Å². The first-order chi connectivity index (χ1) is 16.4. The topological polar surface area (TPSA) is 115 Å². The number of aliphatic hydroxyl groups is 1. The maximum atomic E-state index is 12.9. The highest BCUT2D eigenvalue weighted by molar-refractivity contribution is 6.30. The third kappa shape index (κ3) is 4.78. The molecule has 0 aliphatic rings. The lowest BCUT2D eigenvalue weighted by Gasteiger charge is -2.17. The van der Waals surface area contributed by atoms with Crippen LogP contribution in [0.5, 0.6) is 5.75 Å². The van der Waals surface area contributed by atoms with Gasteiger partial charge in [0.25, 0.3) is 11.6 Å². The Hall–Kier alpha value is -4.14. The van der Waals surface area contributed by atoms with Crippen LogP contribution in [0.4, 0.5) is 11.4 Å². The molecule has 1 unspecified atom stereocenters. The van der Waals surface area contributed by atoms with Gasteiger partial charge in [0.15, 0.2) is 5.76 Å². The predicted octanol–water partition coefficient (Wildman–Crippen LogP) is 5.85. The van der Waals surface area contributed by atoms with Crippen molar-refractivity contribution in [1.82, 2.24) is 0 Å². The average molecular weight is 479 g/mol. The number of hydrogen-bond acceptors (Lipinski definition) is 6. The Morgan fingerprint density at radius 2 is 1.85 bits per heavy atom. The largest absolute Gasteiger partial charge is 0.497 e. The summed E-state index contributed by atoms with van der Waals surface area (Å²) >= 11 is 6.13. The molecular weight excluding hydrogens is 460 g/mol. The highest BCUT2D eigenvalue weighted by Gasteiger charge is 2.22. The van der Waals surface area contributed by atoms with Crippen LogP contribution in [-0.4, -0.2) is 23.0 Å². The van der Waals surface area contributed by atoms with E-state index in [0.29, 0.717) is 27.6 Å². The molecule has 0 aliphatic carbocycles. The van der Waals surface area contributed by atoms with Gasteiger partial charge in [-0.1, -0.05) is 41.9 Å². The Labute approximate surface area is 199 Å². The van der Waals surface area contributed by atoms with Crippen molar-refractivity contribution < 1.29 is 24.0 Å². The number of nitro groups is 1. The second-order valence-electron chi connectivity index (χ2n) is 7.30. The number of carbonyl (C=O) groups is 1. The maximum absolute atomic E-state index is 12.9. The van der Waals surface area contributed by atoms with Crippen LogP contribution in [0, 0.1) is 10.1 Å². The zero-order chi connectivity index (χ0) is 24.2. The molecule has 0 saturated carbocycles. The molecule has 1 aromatic heterocycles. The van der Waals surface area contributed by atoms with Crippen molar-refractivity contribution in [2.24, 2.45) is 0 Å². The van der Waals surface area contributed by atoms with Crippen LogP contribution >= 0.6 is 11.6 Å². The number of benzene rings is 3. The quantitative estimate of drug-likeness (QED) is 0.254. The van der Waals surface area contributed by atoms with E-state index in [0.717, 1.165) is 0 Å². The highest BCUT2D eigenvalue weighted by Crippen LogP contribution is 2.35. The van der Waals surface area contributed by atoms with Crippen molar-refractivity contribution in [3.05, 3.63) is 111 Å². The molecule has 0 saturated heterocycles. The fraction of sp³-hybridized carbons (Fsp3) is 0.0800. The number of halogens is 1. The van der Waals surface area contributed by atoms with Gasteiger partial charge in [-0.15, -0.1) is 0 Å². The van der Waals surface area contributed by atoms with E-state index < -0.39 is 16.9 Å². The fourth-order valence-electron chi connectivity index (χ4n) is 3.47. The summed E-state index contributed by atoms with van der Waals surface area (Å²) in [4.78, 5) is 23.8. The van der Waals surface area contributed by atoms with E-state index in [-0.39, 0.29) is 22.8 Å². The van der Waals surface area contributed by atoms with Gasteiger partial charge in [-0.25, -0.2) is 0 Å². The number of hydrogen-bond donors (Lipinski definition) is 2. The van der Waals surface area contributed by atoms with Gasteiger partial charge in [0.2, 0.25) is 0 Å². The van der Waals surface area contributed by atoms with Crippen LogP contribution in [-0.2, 0) is 0 Å². The van der Waals surface area contributed by atoms with Crippen molar-refractivity contribution in [2.75, 3.05) is 12.4 Å². The highest BCUT2D eigenvalue weighted by atomic mass is 35.5. The van der Waals surface area contributed by atoms with Crippen molar-refractivity contribution in [1.29, 1.82) is 0 Å². The lowest BCUT2D eigenvalue weighted by molar-refractivity contribution is -0.384. The summed E-state index contributed by atoms with van der Waals surface area (Å²) in [7, 11) is 1.41. The molecule has 9 heteroatoms. The number of nitrogens with zero attached hydrogens (tertiary/aromatic N) is 1. The number of methoxy groups -OCH3 is 1. The van der Waals surface area contributed by atoms with Crippen LogP contribution in [0.25, 0.3) is 11.3 Å². The summed E-state index contributed by atoms with van der Waals surface area (Å²) < 4.78 is 10.7. The fourth-order valence-corrected chi connectivity index (χ4v) is 3.66. The minimum atomic E-state index is -1.02. The molecule has 1 amide bonds. The van der Waals surface area contributed by atoms with Crippen molar-refractivity contribution in [3.8, 4) is 17.1 Å². The number of ether oxygens (including phenoxy) is 1. The molecule has 0 spiro atoms. The van der Waals surface area contributed by atoms with Gasteiger partial charge in [0.05, 0.1) is 23.7 Å². The van der Waals surface area contributed by atoms with E-state index >= 15 is 0 Å². The summed E-state index contributed by atoms with van der Waals surface area (Å²) in [5, 5.41) is 25.5. The minimum absolute atomic E-state index is 0.0600. The van der Waals surface area contributed by atoms with E-state index in [2.05, 4.69) is 5.32 Å². The summed E-state index contributed by atoms with van der Waals surface area (Å²) in [6.07, 6.45) is -1.02. The molecule has 0 fully saturated rings. The molecule has 34 heavy (non-hydrogen) atoms. The number of furan rings is 1. The van der Waals surface area contributed by atoms with E-state index in [1.807, 2.05) is 6.07 Å². The van der Waals surface area contributed by atoms with Crippen LogP contribution < -0.4 is 10.1 Å². The molecule has 8 nitrogen and oxygen atoms in total. The van der Waals surface area contributed by atoms with Gasteiger partial charge in [0.1, 0.15) is 17.6 Å². The van der Waals surface area contributed by atoms with Crippen LogP contribution in [0.1, 0.15) is 27.8 Å². The third-order valence-corrected chi connectivity index (χ3v) is 5.40. The molecule has 2 N–H and O–H groups in total. The average Bonchev–Trinajstić information content (AvgIpc) is 3.35. The molecular formula is C25H19ClN2O6. The van der Waals surface area contributed by atoms with Gasteiger partial charge < -0.3 is 19.6 Å². The summed E-state index contributed by atoms with van der Waals surface area (Å²) in [6, 6.07) is 20.9. The molecule has 4 aromatic rings. The first-order valence-corrected chi connectivity index (χ1v) is 10.5. The second-order valence-corrected chi connectivity index (χ2v) is 7.74. The SMILES string of the molecule is COc1ccc(-c2ccc(C(=O)Nc3ccc(Cl)cc3C(O)c3ccccc3)o2)c([N+](=O)[O-])c1. The zero-order valence-corrected chi connectivity index (χ0v) is 18.7. The number of amides is 1. The smallest absolute Gasteiger partial charge is 0.291 e. The normalized spacial score (nSPS) is 11.6. The minimum Gasteiger partial charge on any atom is -0.497 e. The Morgan fingerprint density at radius 1 is 1.09 bits per heavy atom. The molecule has 4 rings (SSSR count). The lowest BCUT2D eigenvalue weighted by Crippen LogP contribution is -2.14. The molecule has 3 aromatic carbocycles. The molecule has 1 heterocycles. The monoisotopic (exact) mass is 478 g/mol. The number of nitro benzene ring substituents is 1. The number of aliphatic hydroxyl groups excluding tert-OH is 1. The van der Waals surface area contributed by atoms with Gasteiger partial charge in [0, 0.05) is 16.3 Å². The summed E-state index contributed by atoms with van der Waals surface area (Å²) in [6.45, 7) is 0. The Morgan fingerprint density at radius 3 is 2.56 bits per heavy atom. The van der Waals surface area contributed by atoms with E-state index in [4.69, 9.17) is 20.8 Å².